The van der Waals surface area contributed by atoms with Crippen LogP contribution in [0.2, 0.25) is 0 Å². The Morgan fingerprint density at radius 3 is 2.12 bits per heavy atom. The summed E-state index contributed by atoms with van der Waals surface area (Å²) in [5.41, 5.74) is 2.89. The molecule has 0 heterocycles. The van der Waals surface area contributed by atoms with E-state index in [1.54, 1.807) is 0 Å². The molecule has 0 aliphatic heterocycles. The van der Waals surface area contributed by atoms with Crippen molar-refractivity contribution in [1.82, 2.24) is 5.32 Å². The number of nitrogens with one attached hydrogen (secondary N) is 3. The van der Waals surface area contributed by atoms with E-state index in [9.17, 15) is 4.79 Å². The van der Waals surface area contributed by atoms with Crippen LogP contribution >= 0.6 is 12.2 Å². The maximum atomic E-state index is 12.2. The van der Waals surface area contributed by atoms with Crippen LogP contribution in [0.5, 0.6) is 0 Å². The molecule has 1 aliphatic rings. The van der Waals surface area contributed by atoms with Gasteiger partial charge in [-0.05, 0) is 61.5 Å². The van der Waals surface area contributed by atoms with Crippen molar-refractivity contribution in [3.05, 3.63) is 54.6 Å². The second kappa shape index (κ2) is 8.62. The van der Waals surface area contributed by atoms with Gasteiger partial charge in [-0.1, -0.05) is 37.5 Å². The summed E-state index contributed by atoms with van der Waals surface area (Å²) in [4.78, 5) is 12.2. The topological polar surface area (TPSA) is 53.2 Å². The predicted molar refractivity (Wildman–Crippen MR) is 107 cm³/mol. The lowest BCUT2D eigenvalue weighted by Crippen LogP contribution is -2.38. The molecule has 1 amide bonds. The second-order valence-electron chi connectivity index (χ2n) is 6.35. The normalized spacial score (nSPS) is 14.6. The van der Waals surface area contributed by atoms with Gasteiger partial charge >= 0.3 is 0 Å². The maximum absolute atomic E-state index is 12.2. The van der Waals surface area contributed by atoms with Crippen molar-refractivity contribution >= 4 is 40.3 Å². The summed E-state index contributed by atoms with van der Waals surface area (Å²) in [5, 5.41) is 9.58. The van der Waals surface area contributed by atoms with E-state index in [-0.39, 0.29) is 11.8 Å². The number of benzene rings is 2. The van der Waals surface area contributed by atoms with Crippen LogP contribution in [0.25, 0.3) is 0 Å². The summed E-state index contributed by atoms with van der Waals surface area (Å²) < 4.78 is 0. The molecule has 0 saturated heterocycles. The Morgan fingerprint density at radius 1 is 0.840 bits per heavy atom. The lowest BCUT2D eigenvalue weighted by atomic mass is 9.89. The molecule has 25 heavy (non-hydrogen) atoms. The highest BCUT2D eigenvalue weighted by Crippen LogP contribution is 2.23. The van der Waals surface area contributed by atoms with Crippen molar-refractivity contribution in [1.29, 1.82) is 0 Å². The Hall–Kier alpha value is -2.40. The van der Waals surface area contributed by atoms with Gasteiger partial charge < -0.3 is 16.0 Å². The van der Waals surface area contributed by atoms with Crippen LogP contribution in [0, 0.1) is 5.92 Å². The first-order valence-corrected chi connectivity index (χ1v) is 9.15. The van der Waals surface area contributed by atoms with Gasteiger partial charge in [0.25, 0.3) is 0 Å². The first kappa shape index (κ1) is 17.4. The minimum Gasteiger partial charge on any atom is -0.356 e. The zero-order valence-corrected chi connectivity index (χ0v) is 14.9. The average molecular weight is 353 g/mol. The van der Waals surface area contributed by atoms with Gasteiger partial charge in [-0.3, -0.25) is 4.79 Å². The quantitative estimate of drug-likeness (QED) is 0.690. The smallest absolute Gasteiger partial charge is 0.229 e. The average Bonchev–Trinajstić information content (AvgIpc) is 2.65. The largest absolute Gasteiger partial charge is 0.356 e. The minimum atomic E-state index is 0.0413. The fourth-order valence-corrected chi connectivity index (χ4v) is 3.28. The molecule has 0 spiro atoms. The van der Waals surface area contributed by atoms with Crippen molar-refractivity contribution in [2.24, 2.45) is 5.92 Å². The number of thiocarbonyl (C=S) groups is 1. The van der Waals surface area contributed by atoms with Crippen molar-refractivity contribution in [3.8, 4) is 0 Å². The van der Waals surface area contributed by atoms with Gasteiger partial charge in [0.05, 0.1) is 0 Å². The molecule has 3 rings (SSSR count). The third-order valence-corrected chi connectivity index (χ3v) is 4.62. The van der Waals surface area contributed by atoms with Crippen LogP contribution in [-0.2, 0) is 4.79 Å². The molecule has 1 fully saturated rings. The minimum absolute atomic E-state index is 0.0413. The number of carbonyl (C=O) groups excluding carboxylic acids is 1. The molecule has 0 radical (unpaired) electrons. The van der Waals surface area contributed by atoms with Crippen LogP contribution in [0.4, 0.5) is 17.1 Å². The number of amides is 1. The highest BCUT2D eigenvalue weighted by molar-refractivity contribution is 7.80. The third-order valence-electron chi connectivity index (χ3n) is 4.42. The molecule has 130 valence electrons. The fourth-order valence-electron chi connectivity index (χ4n) is 3.07. The van der Waals surface area contributed by atoms with E-state index in [4.69, 9.17) is 12.2 Å². The molecule has 0 aromatic heterocycles. The number of anilines is 3. The Labute approximate surface area is 154 Å². The van der Waals surface area contributed by atoms with E-state index >= 15 is 0 Å². The fraction of sp³-hybridized carbons (Fsp3) is 0.300. The Balaban J connectivity index is 1.50. The molecule has 1 aliphatic carbocycles. The standard InChI is InChI=1S/C20H23N3OS/c24-19(15-7-3-1-4-8-15)23-20(25)22-18-13-11-17(12-14-18)21-16-9-5-2-6-10-16/h2,5-6,9-15,21H,1,3-4,7-8H2,(H2,22,23,24,25). The monoisotopic (exact) mass is 353 g/mol. The molecule has 5 heteroatoms. The second-order valence-corrected chi connectivity index (χ2v) is 6.75. The summed E-state index contributed by atoms with van der Waals surface area (Å²) in [6.45, 7) is 0. The molecule has 2 aromatic carbocycles. The van der Waals surface area contributed by atoms with Crippen molar-refractivity contribution in [2.75, 3.05) is 10.6 Å². The molecular weight excluding hydrogens is 330 g/mol. The highest BCUT2D eigenvalue weighted by atomic mass is 32.1. The SMILES string of the molecule is O=C(NC(=S)Nc1ccc(Nc2ccccc2)cc1)C1CCCCC1. The summed E-state index contributed by atoms with van der Waals surface area (Å²) >= 11 is 5.26. The predicted octanol–water partition coefficient (Wildman–Crippen LogP) is 4.82. The summed E-state index contributed by atoms with van der Waals surface area (Å²) in [7, 11) is 0. The molecule has 3 N–H and O–H groups in total. The Kier molecular flexibility index (Phi) is 6.01. The number of carbonyl (C=O) groups is 1. The van der Waals surface area contributed by atoms with E-state index in [1.807, 2.05) is 54.6 Å². The molecule has 0 atom stereocenters. The Bertz CT molecular complexity index is 709. The summed E-state index contributed by atoms with van der Waals surface area (Å²) in [6.07, 6.45) is 5.43. The van der Waals surface area contributed by atoms with E-state index < -0.39 is 0 Å². The van der Waals surface area contributed by atoms with Crippen LogP contribution in [0.15, 0.2) is 54.6 Å². The van der Waals surface area contributed by atoms with Gasteiger partial charge in [0.2, 0.25) is 5.91 Å². The van der Waals surface area contributed by atoms with Gasteiger partial charge in [0.1, 0.15) is 0 Å². The van der Waals surface area contributed by atoms with Gasteiger partial charge in [-0.25, -0.2) is 0 Å². The first-order chi connectivity index (χ1) is 12.2. The Morgan fingerprint density at radius 2 is 1.44 bits per heavy atom. The number of hydrogen-bond acceptors (Lipinski definition) is 3. The van der Waals surface area contributed by atoms with Crippen LogP contribution in [0.1, 0.15) is 32.1 Å². The number of rotatable bonds is 4. The zero-order valence-electron chi connectivity index (χ0n) is 14.1. The summed E-state index contributed by atoms with van der Waals surface area (Å²) in [6, 6.07) is 17.8. The van der Waals surface area contributed by atoms with E-state index in [0.29, 0.717) is 5.11 Å². The molecular formula is C20H23N3OS. The molecule has 1 saturated carbocycles. The van der Waals surface area contributed by atoms with E-state index in [2.05, 4.69) is 16.0 Å². The summed E-state index contributed by atoms with van der Waals surface area (Å²) in [5.74, 6) is 0.144. The molecule has 0 unspecified atom stereocenters. The zero-order chi connectivity index (χ0) is 17.5. The van der Waals surface area contributed by atoms with E-state index in [1.165, 1.54) is 6.42 Å². The number of hydrogen-bond donors (Lipinski definition) is 3. The van der Waals surface area contributed by atoms with Crippen LogP contribution < -0.4 is 16.0 Å². The van der Waals surface area contributed by atoms with Gasteiger partial charge in [-0.15, -0.1) is 0 Å². The van der Waals surface area contributed by atoms with E-state index in [0.717, 1.165) is 42.7 Å². The molecule has 4 nitrogen and oxygen atoms in total. The lowest BCUT2D eigenvalue weighted by molar-refractivity contribution is -0.124. The highest BCUT2D eigenvalue weighted by Gasteiger charge is 2.21. The number of para-hydroxylation sites is 1. The van der Waals surface area contributed by atoms with Gasteiger partial charge in [-0.2, -0.15) is 0 Å². The van der Waals surface area contributed by atoms with Crippen molar-refractivity contribution in [2.45, 2.75) is 32.1 Å². The first-order valence-electron chi connectivity index (χ1n) is 8.75. The lowest BCUT2D eigenvalue weighted by Gasteiger charge is -2.21. The van der Waals surface area contributed by atoms with Gasteiger partial charge in [0, 0.05) is 23.0 Å². The van der Waals surface area contributed by atoms with Crippen LogP contribution in [0.3, 0.4) is 0 Å². The van der Waals surface area contributed by atoms with Gasteiger partial charge in [0.15, 0.2) is 5.11 Å². The maximum Gasteiger partial charge on any atom is 0.229 e. The molecule has 0 bridgehead atoms. The third kappa shape index (κ3) is 5.29. The van der Waals surface area contributed by atoms with Crippen LogP contribution in [-0.4, -0.2) is 11.0 Å². The van der Waals surface area contributed by atoms with Crippen molar-refractivity contribution < 1.29 is 4.79 Å². The van der Waals surface area contributed by atoms with Crippen molar-refractivity contribution in [3.63, 3.8) is 0 Å². The molecule has 2 aromatic rings.